The van der Waals surface area contributed by atoms with Gasteiger partial charge in [0.05, 0.1) is 12.2 Å². The van der Waals surface area contributed by atoms with Gasteiger partial charge in [-0.1, -0.05) is 17.7 Å². The minimum Gasteiger partial charge on any atom is -0.305 e. The van der Waals surface area contributed by atoms with Crippen molar-refractivity contribution >= 4 is 11.6 Å². The highest BCUT2D eigenvalue weighted by Crippen LogP contribution is 2.19. The first-order valence-corrected chi connectivity index (χ1v) is 7.46. The highest BCUT2D eigenvalue weighted by Gasteiger charge is 2.12. The Morgan fingerprint density at radius 3 is 2.32 bits per heavy atom. The molecule has 3 rings (SSSR count). The van der Waals surface area contributed by atoms with Crippen LogP contribution < -0.4 is 11.1 Å². The van der Waals surface area contributed by atoms with Gasteiger partial charge in [0.15, 0.2) is 11.6 Å². The van der Waals surface area contributed by atoms with E-state index in [0.29, 0.717) is 0 Å². The Morgan fingerprint density at radius 1 is 0.880 bits per heavy atom. The van der Waals surface area contributed by atoms with Gasteiger partial charge in [0.2, 0.25) is 0 Å². The monoisotopic (exact) mass is 366 g/mol. The van der Waals surface area contributed by atoms with Crippen LogP contribution in [0.15, 0.2) is 58.4 Å². The molecule has 25 heavy (non-hydrogen) atoms. The summed E-state index contributed by atoms with van der Waals surface area (Å²) in [5.41, 5.74) is -1.87. The molecule has 0 fully saturated rings. The van der Waals surface area contributed by atoms with E-state index in [0.717, 1.165) is 27.3 Å². The zero-order valence-corrected chi connectivity index (χ0v) is 13.3. The van der Waals surface area contributed by atoms with Crippen LogP contribution in [0.2, 0.25) is 5.02 Å². The molecule has 0 aliphatic rings. The van der Waals surface area contributed by atoms with Crippen LogP contribution in [0.4, 0.5) is 13.2 Å². The summed E-state index contributed by atoms with van der Waals surface area (Å²) in [5.74, 6) is -2.82. The first-order chi connectivity index (χ1) is 11.9. The third-order valence-electron chi connectivity index (χ3n) is 3.63. The van der Waals surface area contributed by atoms with Crippen LogP contribution in [0.3, 0.4) is 0 Å². The van der Waals surface area contributed by atoms with E-state index >= 15 is 0 Å². The second kappa shape index (κ2) is 6.60. The fourth-order valence-electron chi connectivity index (χ4n) is 2.32. The normalized spacial score (nSPS) is 10.9. The summed E-state index contributed by atoms with van der Waals surface area (Å²) >= 11 is 5.92. The van der Waals surface area contributed by atoms with Crippen molar-refractivity contribution in [3.63, 3.8) is 0 Å². The van der Waals surface area contributed by atoms with Gasteiger partial charge in [-0.3, -0.25) is 14.2 Å². The summed E-state index contributed by atoms with van der Waals surface area (Å²) < 4.78 is 42.0. The molecule has 0 saturated carbocycles. The van der Waals surface area contributed by atoms with E-state index in [1.54, 1.807) is 0 Å². The Hall–Kier alpha value is -2.80. The minimum absolute atomic E-state index is 0.00271. The zero-order valence-electron chi connectivity index (χ0n) is 12.5. The summed E-state index contributed by atoms with van der Waals surface area (Å²) in [7, 11) is 0. The maximum absolute atomic E-state index is 13.8. The van der Waals surface area contributed by atoms with Crippen molar-refractivity contribution in [1.29, 1.82) is 0 Å². The Kier molecular flexibility index (Phi) is 4.50. The molecule has 1 heterocycles. The lowest BCUT2D eigenvalue weighted by Gasteiger charge is -2.11. The molecular weight excluding hydrogens is 357 g/mol. The molecule has 2 aromatic carbocycles. The summed E-state index contributed by atoms with van der Waals surface area (Å²) in [5, 5.41) is 0.122. The van der Waals surface area contributed by atoms with Gasteiger partial charge in [0.25, 0.3) is 0 Å². The average molecular weight is 367 g/mol. The standard InChI is InChI=1S/C17H10ClF3N2O2/c18-12-2-1-3-13(19)11(12)9-22-6-7-23(17(25)16(22)24)10-4-5-14(20)15(21)8-10/h1-8H,9H2. The lowest BCUT2D eigenvalue weighted by atomic mass is 10.2. The summed E-state index contributed by atoms with van der Waals surface area (Å²) in [6, 6.07) is 6.89. The van der Waals surface area contributed by atoms with Crippen molar-refractivity contribution in [2.75, 3.05) is 0 Å². The van der Waals surface area contributed by atoms with Crippen LogP contribution in [-0.2, 0) is 6.54 Å². The molecule has 0 N–H and O–H groups in total. The van der Waals surface area contributed by atoms with Crippen LogP contribution in [0.5, 0.6) is 0 Å². The molecule has 0 aliphatic carbocycles. The van der Waals surface area contributed by atoms with Crippen LogP contribution in [-0.4, -0.2) is 9.13 Å². The summed E-state index contributed by atoms with van der Waals surface area (Å²) in [4.78, 5) is 24.5. The predicted octanol–water partition coefficient (Wildman–Crippen LogP) is 3.12. The summed E-state index contributed by atoms with van der Waals surface area (Å²) in [6.45, 7) is -0.238. The first kappa shape index (κ1) is 17.0. The van der Waals surface area contributed by atoms with Gasteiger partial charge in [0.1, 0.15) is 5.82 Å². The smallest absolute Gasteiger partial charge is 0.305 e. The van der Waals surface area contributed by atoms with Gasteiger partial charge in [-0.05, 0) is 24.3 Å². The fraction of sp³-hybridized carbons (Fsp3) is 0.0588. The molecule has 128 valence electrons. The van der Waals surface area contributed by atoms with Gasteiger partial charge < -0.3 is 4.57 Å². The number of aromatic nitrogens is 2. The van der Waals surface area contributed by atoms with Crippen LogP contribution >= 0.6 is 11.6 Å². The fourth-order valence-corrected chi connectivity index (χ4v) is 2.55. The Bertz CT molecular complexity index is 1060. The molecule has 0 unspecified atom stereocenters. The molecule has 4 nitrogen and oxygen atoms in total. The maximum atomic E-state index is 13.8. The second-order valence-corrected chi connectivity index (χ2v) is 5.61. The second-order valence-electron chi connectivity index (χ2n) is 5.20. The minimum atomic E-state index is -1.15. The van der Waals surface area contributed by atoms with Crippen molar-refractivity contribution < 1.29 is 13.2 Å². The van der Waals surface area contributed by atoms with Crippen molar-refractivity contribution in [2.45, 2.75) is 6.54 Å². The molecule has 1 aromatic heterocycles. The third kappa shape index (κ3) is 3.23. The number of nitrogens with zero attached hydrogens (tertiary/aromatic N) is 2. The van der Waals surface area contributed by atoms with Crippen molar-refractivity contribution in [2.24, 2.45) is 0 Å². The number of rotatable bonds is 3. The van der Waals surface area contributed by atoms with E-state index in [1.165, 1.54) is 30.6 Å². The van der Waals surface area contributed by atoms with Crippen LogP contribution in [0.25, 0.3) is 5.69 Å². The molecule has 0 spiro atoms. The molecule has 3 aromatic rings. The molecule has 0 saturated heterocycles. The van der Waals surface area contributed by atoms with E-state index < -0.39 is 28.6 Å². The Balaban J connectivity index is 2.05. The van der Waals surface area contributed by atoms with Gasteiger partial charge in [0, 0.05) is 29.0 Å². The third-order valence-corrected chi connectivity index (χ3v) is 3.98. The molecule has 0 atom stereocenters. The number of halogens is 4. The number of benzene rings is 2. The Morgan fingerprint density at radius 2 is 1.64 bits per heavy atom. The van der Waals surface area contributed by atoms with Crippen molar-refractivity contribution in [3.05, 3.63) is 97.5 Å². The molecular formula is C17H10ClF3N2O2. The Labute approximate surface area is 144 Å². The lowest BCUT2D eigenvalue weighted by molar-refractivity contribution is 0.507. The average Bonchev–Trinajstić information content (AvgIpc) is 2.58. The summed E-state index contributed by atoms with van der Waals surface area (Å²) in [6.07, 6.45) is 2.46. The van der Waals surface area contributed by atoms with Gasteiger partial charge in [-0.15, -0.1) is 0 Å². The van der Waals surface area contributed by atoms with E-state index in [2.05, 4.69) is 0 Å². The largest absolute Gasteiger partial charge is 0.320 e. The zero-order chi connectivity index (χ0) is 18.1. The quantitative estimate of drug-likeness (QED) is 0.668. The van der Waals surface area contributed by atoms with Crippen LogP contribution in [0, 0.1) is 17.5 Å². The highest BCUT2D eigenvalue weighted by molar-refractivity contribution is 6.31. The topological polar surface area (TPSA) is 44.0 Å². The van der Waals surface area contributed by atoms with E-state index in [9.17, 15) is 22.8 Å². The van der Waals surface area contributed by atoms with E-state index in [1.807, 2.05) is 0 Å². The molecule has 0 amide bonds. The lowest BCUT2D eigenvalue weighted by Crippen LogP contribution is -2.40. The van der Waals surface area contributed by atoms with Crippen molar-refractivity contribution in [1.82, 2.24) is 9.13 Å². The highest BCUT2D eigenvalue weighted by atomic mass is 35.5. The molecule has 0 aliphatic heterocycles. The van der Waals surface area contributed by atoms with E-state index in [-0.39, 0.29) is 22.8 Å². The first-order valence-electron chi connectivity index (χ1n) is 7.09. The molecule has 0 radical (unpaired) electrons. The molecule has 8 heteroatoms. The molecule has 0 bridgehead atoms. The van der Waals surface area contributed by atoms with Gasteiger partial charge >= 0.3 is 11.1 Å². The number of hydrogen-bond acceptors (Lipinski definition) is 2. The predicted molar refractivity (Wildman–Crippen MR) is 86.7 cm³/mol. The van der Waals surface area contributed by atoms with Crippen LogP contribution in [0.1, 0.15) is 5.56 Å². The van der Waals surface area contributed by atoms with Gasteiger partial charge in [-0.2, -0.15) is 0 Å². The van der Waals surface area contributed by atoms with Crippen molar-refractivity contribution in [3.8, 4) is 5.69 Å². The van der Waals surface area contributed by atoms with E-state index in [4.69, 9.17) is 11.6 Å². The van der Waals surface area contributed by atoms with Gasteiger partial charge in [-0.25, -0.2) is 13.2 Å². The maximum Gasteiger partial charge on any atom is 0.320 e. The number of hydrogen-bond donors (Lipinski definition) is 0. The SMILES string of the molecule is O=c1c(=O)n(-c2ccc(F)c(F)c2)ccn1Cc1c(F)cccc1Cl.